The quantitative estimate of drug-likeness (QED) is 0.650. The predicted octanol–water partition coefficient (Wildman–Crippen LogP) is 5.08. The first-order valence-corrected chi connectivity index (χ1v) is 8.95. The van der Waals surface area contributed by atoms with Gasteiger partial charge < -0.3 is 10.6 Å². The number of rotatable bonds is 5. The van der Waals surface area contributed by atoms with Gasteiger partial charge in [-0.3, -0.25) is 9.59 Å². The Morgan fingerprint density at radius 2 is 1.37 bits per heavy atom. The molecule has 0 saturated carbocycles. The van der Waals surface area contributed by atoms with E-state index < -0.39 is 0 Å². The van der Waals surface area contributed by atoms with Crippen LogP contribution in [0, 0.1) is 0 Å². The zero-order valence-electron chi connectivity index (χ0n) is 14.8. The number of hydrogen-bond acceptors (Lipinski definition) is 2. The van der Waals surface area contributed by atoms with Crippen LogP contribution in [0.2, 0.25) is 5.02 Å². The molecule has 0 bridgehead atoms. The highest BCUT2D eigenvalue weighted by atomic mass is 35.5. The van der Waals surface area contributed by atoms with Gasteiger partial charge in [-0.2, -0.15) is 0 Å². The van der Waals surface area contributed by atoms with Crippen LogP contribution in [0.5, 0.6) is 0 Å². The molecule has 1 unspecified atom stereocenters. The summed E-state index contributed by atoms with van der Waals surface area (Å²) in [5.74, 6) is -0.627. The van der Waals surface area contributed by atoms with Crippen molar-refractivity contribution in [1.29, 1.82) is 0 Å². The first-order chi connectivity index (χ1) is 13.1. The first-order valence-electron chi connectivity index (χ1n) is 8.57. The smallest absolute Gasteiger partial charge is 0.257 e. The molecule has 2 amide bonds. The second-order valence-electron chi connectivity index (χ2n) is 6.09. The maximum atomic E-state index is 12.7. The molecule has 4 nitrogen and oxygen atoms in total. The van der Waals surface area contributed by atoms with Crippen molar-refractivity contribution in [3.63, 3.8) is 0 Å². The topological polar surface area (TPSA) is 58.2 Å². The van der Waals surface area contributed by atoms with E-state index in [0.29, 0.717) is 21.8 Å². The van der Waals surface area contributed by atoms with Gasteiger partial charge in [0.25, 0.3) is 11.8 Å². The van der Waals surface area contributed by atoms with E-state index in [-0.39, 0.29) is 17.9 Å². The van der Waals surface area contributed by atoms with E-state index in [0.717, 1.165) is 5.56 Å². The van der Waals surface area contributed by atoms with E-state index in [1.807, 2.05) is 37.3 Å². The molecule has 3 aromatic carbocycles. The largest absolute Gasteiger partial charge is 0.345 e. The van der Waals surface area contributed by atoms with E-state index in [2.05, 4.69) is 10.6 Å². The SMILES string of the molecule is CC(NC(=O)c1ccccc1NC(=O)c1ccccc1Cl)c1ccccc1. The number of carbonyl (C=O) groups is 2. The molecule has 1 atom stereocenters. The van der Waals surface area contributed by atoms with Gasteiger partial charge in [-0.25, -0.2) is 0 Å². The molecule has 3 aromatic rings. The van der Waals surface area contributed by atoms with Crippen molar-refractivity contribution < 1.29 is 9.59 Å². The Morgan fingerprint density at radius 3 is 2.07 bits per heavy atom. The van der Waals surface area contributed by atoms with Crippen molar-refractivity contribution in [2.45, 2.75) is 13.0 Å². The van der Waals surface area contributed by atoms with Crippen molar-refractivity contribution in [2.75, 3.05) is 5.32 Å². The Balaban J connectivity index is 1.78. The maximum absolute atomic E-state index is 12.7. The van der Waals surface area contributed by atoms with Gasteiger partial charge in [0.05, 0.1) is 27.9 Å². The Hall–Kier alpha value is -3.11. The van der Waals surface area contributed by atoms with E-state index >= 15 is 0 Å². The molecule has 0 fully saturated rings. The predicted molar refractivity (Wildman–Crippen MR) is 108 cm³/mol. The molecule has 5 heteroatoms. The maximum Gasteiger partial charge on any atom is 0.257 e. The molecule has 0 saturated heterocycles. The lowest BCUT2D eigenvalue weighted by Gasteiger charge is -2.16. The van der Waals surface area contributed by atoms with Crippen LogP contribution in [-0.4, -0.2) is 11.8 Å². The highest BCUT2D eigenvalue weighted by Crippen LogP contribution is 2.21. The second-order valence-corrected chi connectivity index (χ2v) is 6.49. The minimum absolute atomic E-state index is 0.161. The molecule has 0 radical (unpaired) electrons. The van der Waals surface area contributed by atoms with Crippen molar-refractivity contribution >= 4 is 29.1 Å². The van der Waals surface area contributed by atoms with Crippen molar-refractivity contribution in [3.8, 4) is 0 Å². The zero-order chi connectivity index (χ0) is 19.2. The van der Waals surface area contributed by atoms with Gasteiger partial charge >= 0.3 is 0 Å². The van der Waals surface area contributed by atoms with Crippen LogP contribution < -0.4 is 10.6 Å². The highest BCUT2D eigenvalue weighted by molar-refractivity contribution is 6.34. The van der Waals surface area contributed by atoms with Gasteiger partial charge in [-0.05, 0) is 36.8 Å². The molecular weight excluding hydrogens is 360 g/mol. The number of carbonyl (C=O) groups excluding carboxylic acids is 2. The molecule has 0 aromatic heterocycles. The van der Waals surface area contributed by atoms with Gasteiger partial charge in [-0.15, -0.1) is 0 Å². The van der Waals surface area contributed by atoms with Crippen LogP contribution in [-0.2, 0) is 0 Å². The molecule has 0 aliphatic rings. The highest BCUT2D eigenvalue weighted by Gasteiger charge is 2.17. The average Bonchev–Trinajstić information content (AvgIpc) is 2.69. The lowest BCUT2D eigenvalue weighted by Crippen LogP contribution is -2.28. The molecule has 3 rings (SSSR count). The Morgan fingerprint density at radius 1 is 0.778 bits per heavy atom. The van der Waals surface area contributed by atoms with E-state index in [9.17, 15) is 9.59 Å². The van der Waals surface area contributed by atoms with E-state index in [4.69, 9.17) is 11.6 Å². The number of para-hydroxylation sites is 1. The molecule has 136 valence electrons. The number of amides is 2. The van der Waals surface area contributed by atoms with Gasteiger partial charge in [0.1, 0.15) is 0 Å². The van der Waals surface area contributed by atoms with E-state index in [1.165, 1.54) is 0 Å². The normalized spacial score (nSPS) is 11.5. The molecule has 2 N–H and O–H groups in total. The third-order valence-corrected chi connectivity index (χ3v) is 4.52. The number of anilines is 1. The summed E-state index contributed by atoms with van der Waals surface area (Å²) in [6.45, 7) is 1.91. The molecule has 0 heterocycles. The van der Waals surface area contributed by atoms with Gasteiger partial charge in [0.2, 0.25) is 0 Å². The zero-order valence-corrected chi connectivity index (χ0v) is 15.5. The average molecular weight is 379 g/mol. The lowest BCUT2D eigenvalue weighted by atomic mass is 10.1. The first kappa shape index (κ1) is 18.7. The summed E-state index contributed by atoms with van der Waals surface area (Å²) in [7, 11) is 0. The van der Waals surface area contributed by atoms with Crippen molar-refractivity contribution in [1.82, 2.24) is 5.32 Å². The number of nitrogens with one attached hydrogen (secondary N) is 2. The van der Waals surface area contributed by atoms with Gasteiger partial charge in [-0.1, -0.05) is 66.2 Å². The number of benzene rings is 3. The van der Waals surface area contributed by atoms with Gasteiger partial charge in [0, 0.05) is 0 Å². The summed E-state index contributed by atoms with van der Waals surface area (Å²) >= 11 is 6.08. The third-order valence-electron chi connectivity index (χ3n) is 4.19. The number of halogens is 1. The fraction of sp³-hybridized carbons (Fsp3) is 0.0909. The van der Waals surface area contributed by atoms with Crippen molar-refractivity contribution in [3.05, 3.63) is 101 Å². The van der Waals surface area contributed by atoms with E-state index in [1.54, 1.807) is 48.5 Å². The van der Waals surface area contributed by atoms with Crippen LogP contribution in [0.1, 0.15) is 39.2 Å². The molecule has 0 aliphatic heterocycles. The summed E-state index contributed by atoms with van der Waals surface area (Å²) in [4.78, 5) is 25.3. The van der Waals surface area contributed by atoms with Gasteiger partial charge in [0.15, 0.2) is 0 Å². The molecule has 27 heavy (non-hydrogen) atoms. The Kier molecular flexibility index (Phi) is 5.89. The monoisotopic (exact) mass is 378 g/mol. The minimum atomic E-state index is -0.364. The van der Waals surface area contributed by atoms with Crippen molar-refractivity contribution in [2.24, 2.45) is 0 Å². The minimum Gasteiger partial charge on any atom is -0.345 e. The molecule has 0 spiro atoms. The summed E-state index contributed by atoms with van der Waals surface area (Å²) in [5.41, 5.74) is 2.18. The third kappa shape index (κ3) is 4.54. The number of hydrogen-bond donors (Lipinski definition) is 2. The summed E-state index contributed by atoms with van der Waals surface area (Å²) in [5, 5.41) is 6.09. The Bertz CT molecular complexity index is 957. The lowest BCUT2D eigenvalue weighted by molar-refractivity contribution is 0.0941. The standard InChI is InChI=1S/C22H19ClN2O2/c1-15(16-9-3-2-4-10-16)24-22(27)18-12-6-8-14-20(18)25-21(26)17-11-5-7-13-19(17)23/h2-15H,1H3,(H,24,27)(H,25,26). The summed E-state index contributed by atoms with van der Waals surface area (Å²) in [6, 6.07) is 23.2. The van der Waals surface area contributed by atoms with Crippen LogP contribution in [0.15, 0.2) is 78.9 Å². The molecular formula is C22H19ClN2O2. The fourth-order valence-corrected chi connectivity index (χ4v) is 2.95. The van der Waals surface area contributed by atoms with Crippen LogP contribution in [0.4, 0.5) is 5.69 Å². The van der Waals surface area contributed by atoms with Crippen LogP contribution >= 0.6 is 11.6 Å². The Labute approximate surface area is 163 Å². The van der Waals surface area contributed by atoms with Crippen LogP contribution in [0.25, 0.3) is 0 Å². The summed E-state index contributed by atoms with van der Waals surface area (Å²) in [6.07, 6.45) is 0. The molecule has 0 aliphatic carbocycles. The fourth-order valence-electron chi connectivity index (χ4n) is 2.72. The summed E-state index contributed by atoms with van der Waals surface area (Å²) < 4.78 is 0. The van der Waals surface area contributed by atoms with Crippen LogP contribution in [0.3, 0.4) is 0 Å². The second kappa shape index (κ2) is 8.52.